The van der Waals surface area contributed by atoms with E-state index in [1.54, 1.807) is 0 Å². The number of nitrogens with one attached hydrogen (secondary N) is 2. The third-order valence-corrected chi connectivity index (χ3v) is 7.16. The molecule has 0 aromatic heterocycles. The van der Waals surface area contributed by atoms with Gasteiger partial charge in [-0.3, -0.25) is 9.69 Å². The first-order chi connectivity index (χ1) is 14.2. The molecule has 1 saturated carbocycles. The molecule has 1 aliphatic carbocycles. The Kier molecular flexibility index (Phi) is 7.22. The van der Waals surface area contributed by atoms with Crippen molar-refractivity contribution in [3.63, 3.8) is 0 Å². The summed E-state index contributed by atoms with van der Waals surface area (Å²) in [6, 6.07) is 8.68. The maximum atomic E-state index is 12.7. The lowest BCUT2D eigenvalue weighted by Gasteiger charge is -2.48. The predicted octanol–water partition coefficient (Wildman–Crippen LogP) is 2.53. The Morgan fingerprint density at radius 2 is 1.83 bits per heavy atom. The van der Waals surface area contributed by atoms with Crippen molar-refractivity contribution in [1.82, 2.24) is 15.5 Å². The van der Waals surface area contributed by atoms with Crippen LogP contribution in [0.5, 0.6) is 0 Å². The fraction of sp³-hybridized carbons (Fsp3) is 0.708. The Balaban J connectivity index is 1.28. The summed E-state index contributed by atoms with van der Waals surface area (Å²) < 4.78 is 5.56. The van der Waals surface area contributed by atoms with Gasteiger partial charge in [0.25, 0.3) is 0 Å². The van der Waals surface area contributed by atoms with Crippen LogP contribution < -0.4 is 10.6 Å². The van der Waals surface area contributed by atoms with Crippen molar-refractivity contribution in [3.05, 3.63) is 35.4 Å². The van der Waals surface area contributed by atoms with Gasteiger partial charge in [-0.2, -0.15) is 0 Å². The monoisotopic (exact) mass is 399 g/mol. The lowest BCUT2D eigenvalue weighted by atomic mass is 9.79. The van der Waals surface area contributed by atoms with Crippen molar-refractivity contribution in [2.24, 2.45) is 5.92 Å². The molecule has 3 aliphatic rings. The Labute approximate surface area is 175 Å². The van der Waals surface area contributed by atoms with Gasteiger partial charge in [-0.25, -0.2) is 0 Å². The molecule has 0 radical (unpaired) electrons. The Morgan fingerprint density at radius 3 is 2.52 bits per heavy atom. The molecule has 1 aromatic carbocycles. The minimum absolute atomic E-state index is 0.136. The van der Waals surface area contributed by atoms with Gasteiger partial charge in [0.05, 0.1) is 19.6 Å². The zero-order chi connectivity index (χ0) is 19.9. The maximum absolute atomic E-state index is 12.7. The van der Waals surface area contributed by atoms with Crippen LogP contribution in [0.25, 0.3) is 0 Å². The topological polar surface area (TPSA) is 53.6 Å². The van der Waals surface area contributed by atoms with E-state index in [-0.39, 0.29) is 11.4 Å². The third-order valence-electron chi connectivity index (χ3n) is 7.16. The van der Waals surface area contributed by atoms with E-state index in [0.29, 0.717) is 6.42 Å². The van der Waals surface area contributed by atoms with E-state index in [0.717, 1.165) is 63.8 Å². The van der Waals surface area contributed by atoms with Crippen molar-refractivity contribution >= 4 is 5.91 Å². The number of carbonyl (C=O) groups is 1. The van der Waals surface area contributed by atoms with Gasteiger partial charge in [-0.1, -0.05) is 43.5 Å². The largest absolute Gasteiger partial charge is 0.379 e. The van der Waals surface area contributed by atoms with Crippen LogP contribution in [-0.2, 0) is 22.4 Å². The van der Waals surface area contributed by atoms with E-state index < -0.39 is 0 Å². The summed E-state index contributed by atoms with van der Waals surface area (Å²) in [5.74, 6) is 0.909. The van der Waals surface area contributed by atoms with Crippen molar-refractivity contribution in [1.29, 1.82) is 0 Å². The van der Waals surface area contributed by atoms with Gasteiger partial charge in [-0.05, 0) is 55.8 Å². The molecule has 29 heavy (non-hydrogen) atoms. The van der Waals surface area contributed by atoms with E-state index in [1.165, 1.54) is 44.1 Å². The summed E-state index contributed by atoms with van der Waals surface area (Å²) in [5, 5.41) is 6.72. The molecule has 2 heterocycles. The lowest BCUT2D eigenvalue weighted by molar-refractivity contribution is -0.121. The number of amides is 1. The average molecular weight is 400 g/mol. The molecule has 2 saturated heterocycles. The number of hydrogen-bond donors (Lipinski definition) is 2. The minimum atomic E-state index is 0.136. The average Bonchev–Trinajstić information content (AvgIpc) is 3.28. The van der Waals surface area contributed by atoms with E-state index in [4.69, 9.17) is 4.74 Å². The Bertz CT molecular complexity index is 643. The van der Waals surface area contributed by atoms with Crippen LogP contribution >= 0.6 is 0 Å². The second-order valence-electron chi connectivity index (χ2n) is 9.22. The first-order valence-electron chi connectivity index (χ1n) is 11.6. The molecule has 160 valence electrons. The zero-order valence-electron chi connectivity index (χ0n) is 17.8. The predicted molar refractivity (Wildman–Crippen MR) is 116 cm³/mol. The first-order valence-corrected chi connectivity index (χ1v) is 11.6. The van der Waals surface area contributed by atoms with Gasteiger partial charge in [0, 0.05) is 25.2 Å². The third kappa shape index (κ3) is 5.59. The van der Waals surface area contributed by atoms with Crippen LogP contribution in [0, 0.1) is 5.92 Å². The molecule has 0 bridgehead atoms. The normalized spacial score (nSPS) is 25.0. The highest BCUT2D eigenvalue weighted by Gasteiger charge is 2.38. The number of nitrogens with zero attached hydrogens (tertiary/aromatic N) is 1. The van der Waals surface area contributed by atoms with Crippen LogP contribution in [-0.4, -0.2) is 62.3 Å². The summed E-state index contributed by atoms with van der Waals surface area (Å²) in [7, 11) is 0. The highest BCUT2D eigenvalue weighted by atomic mass is 16.5. The second-order valence-corrected chi connectivity index (χ2v) is 9.22. The molecule has 0 spiro atoms. The highest BCUT2D eigenvalue weighted by molar-refractivity contribution is 5.78. The molecule has 1 aromatic rings. The van der Waals surface area contributed by atoms with Gasteiger partial charge in [0.2, 0.25) is 5.91 Å². The molecular weight excluding hydrogens is 362 g/mol. The van der Waals surface area contributed by atoms with Gasteiger partial charge in [0.15, 0.2) is 0 Å². The number of ether oxygens (including phenoxy) is 1. The lowest BCUT2D eigenvalue weighted by Crippen LogP contribution is -2.59. The van der Waals surface area contributed by atoms with Crippen LogP contribution in [0.3, 0.4) is 0 Å². The molecule has 5 nitrogen and oxygen atoms in total. The summed E-state index contributed by atoms with van der Waals surface area (Å²) in [6.45, 7) is 6.68. The smallest absolute Gasteiger partial charge is 0.224 e. The number of carbonyl (C=O) groups excluding carboxylic acids is 1. The van der Waals surface area contributed by atoms with Crippen molar-refractivity contribution in [3.8, 4) is 0 Å². The molecule has 1 atom stereocenters. The summed E-state index contributed by atoms with van der Waals surface area (Å²) >= 11 is 0. The van der Waals surface area contributed by atoms with Crippen molar-refractivity contribution < 1.29 is 9.53 Å². The van der Waals surface area contributed by atoms with Crippen LogP contribution in [0.2, 0.25) is 0 Å². The van der Waals surface area contributed by atoms with Gasteiger partial charge in [-0.15, -0.1) is 0 Å². The highest BCUT2D eigenvalue weighted by Crippen LogP contribution is 2.33. The van der Waals surface area contributed by atoms with E-state index in [2.05, 4.69) is 39.8 Å². The number of benzene rings is 1. The fourth-order valence-electron chi connectivity index (χ4n) is 5.38. The summed E-state index contributed by atoms with van der Waals surface area (Å²) in [4.78, 5) is 15.3. The first kappa shape index (κ1) is 20.8. The van der Waals surface area contributed by atoms with E-state index >= 15 is 0 Å². The molecule has 1 amide bonds. The van der Waals surface area contributed by atoms with E-state index in [9.17, 15) is 4.79 Å². The summed E-state index contributed by atoms with van der Waals surface area (Å²) in [6.07, 6.45) is 9.14. The number of rotatable bonds is 7. The molecule has 3 fully saturated rings. The van der Waals surface area contributed by atoms with Crippen LogP contribution in [0.4, 0.5) is 0 Å². The van der Waals surface area contributed by atoms with E-state index in [1.807, 2.05) is 0 Å². The van der Waals surface area contributed by atoms with Crippen LogP contribution in [0.1, 0.15) is 49.7 Å². The molecule has 4 rings (SSSR count). The molecule has 5 heteroatoms. The zero-order valence-corrected chi connectivity index (χ0v) is 17.8. The molecule has 2 aliphatic heterocycles. The SMILES string of the molecule is O=C(Cc1ccc(CC2CCNC2)cc1)NCC1(N2CCOCC2)CCCCC1. The minimum Gasteiger partial charge on any atom is -0.379 e. The fourth-order valence-corrected chi connectivity index (χ4v) is 5.38. The van der Waals surface area contributed by atoms with Gasteiger partial charge < -0.3 is 15.4 Å². The van der Waals surface area contributed by atoms with Crippen molar-refractivity contribution in [2.45, 2.75) is 56.9 Å². The number of hydrogen-bond acceptors (Lipinski definition) is 4. The Morgan fingerprint density at radius 1 is 1.10 bits per heavy atom. The molecule has 1 unspecified atom stereocenters. The number of morpholine rings is 1. The summed E-state index contributed by atoms with van der Waals surface area (Å²) in [5.41, 5.74) is 2.63. The van der Waals surface area contributed by atoms with Crippen LogP contribution in [0.15, 0.2) is 24.3 Å². The Hall–Kier alpha value is -1.43. The maximum Gasteiger partial charge on any atom is 0.224 e. The van der Waals surface area contributed by atoms with Gasteiger partial charge >= 0.3 is 0 Å². The standard InChI is InChI=1S/C24H37N3O2/c28-23(17-21-6-4-20(5-7-21)16-22-8-11-25-18-22)26-19-24(9-2-1-3-10-24)27-12-14-29-15-13-27/h4-7,22,25H,1-3,8-19H2,(H,26,28). The molecule has 2 N–H and O–H groups in total. The van der Waals surface area contributed by atoms with Crippen molar-refractivity contribution in [2.75, 3.05) is 45.9 Å². The second kappa shape index (κ2) is 10.1. The molecular formula is C24H37N3O2. The quantitative estimate of drug-likeness (QED) is 0.740. The van der Waals surface area contributed by atoms with Gasteiger partial charge in [0.1, 0.15) is 0 Å².